The van der Waals surface area contributed by atoms with Crippen molar-refractivity contribution in [2.75, 3.05) is 19.6 Å². The molecule has 4 nitrogen and oxygen atoms in total. The molecule has 3 rings (SSSR count). The Labute approximate surface area is 128 Å². The van der Waals surface area contributed by atoms with E-state index in [-0.39, 0.29) is 5.91 Å². The van der Waals surface area contributed by atoms with Crippen LogP contribution >= 0.6 is 0 Å². The summed E-state index contributed by atoms with van der Waals surface area (Å²) in [6.07, 6.45) is 7.67. The van der Waals surface area contributed by atoms with Crippen molar-refractivity contribution >= 4 is 5.91 Å². The van der Waals surface area contributed by atoms with E-state index in [2.05, 4.69) is 15.9 Å². The Morgan fingerprint density at radius 3 is 2.76 bits per heavy atom. The minimum atomic E-state index is 0.234. The number of carbonyl (C=O) groups is 1. The SMILES string of the molecule is CC(=O)N1C[C@@H]2CCCN3CCC[C@@H](C23)C1CCCC#N. The first-order valence-electron chi connectivity index (χ1n) is 8.60. The molecule has 3 fully saturated rings. The maximum atomic E-state index is 12.1. The van der Waals surface area contributed by atoms with Crippen LogP contribution in [0.15, 0.2) is 0 Å². The molecular formula is C17H27N3O. The smallest absolute Gasteiger partial charge is 0.219 e. The molecule has 0 aromatic heterocycles. The second-order valence-corrected chi connectivity index (χ2v) is 7.02. The molecule has 2 unspecified atom stereocenters. The van der Waals surface area contributed by atoms with Gasteiger partial charge in [-0.25, -0.2) is 0 Å². The highest BCUT2D eigenvalue weighted by Gasteiger charge is 2.48. The van der Waals surface area contributed by atoms with Crippen molar-refractivity contribution in [1.82, 2.24) is 9.80 Å². The average Bonchev–Trinajstić information content (AvgIpc) is 2.49. The lowest BCUT2D eigenvalue weighted by Crippen LogP contribution is -2.65. The molecule has 0 saturated carbocycles. The van der Waals surface area contributed by atoms with Gasteiger partial charge in [-0.05, 0) is 63.5 Å². The number of nitriles is 1. The van der Waals surface area contributed by atoms with E-state index < -0.39 is 0 Å². The highest BCUT2D eigenvalue weighted by Crippen LogP contribution is 2.43. The van der Waals surface area contributed by atoms with Gasteiger partial charge in [-0.3, -0.25) is 9.69 Å². The summed E-state index contributed by atoms with van der Waals surface area (Å²) < 4.78 is 0. The summed E-state index contributed by atoms with van der Waals surface area (Å²) in [5.74, 6) is 1.55. The molecule has 21 heavy (non-hydrogen) atoms. The van der Waals surface area contributed by atoms with E-state index in [4.69, 9.17) is 5.26 Å². The van der Waals surface area contributed by atoms with Crippen LogP contribution in [0.25, 0.3) is 0 Å². The number of rotatable bonds is 3. The standard InChI is InChI=1S/C17H27N3O/c1-13(21)20-12-14-6-4-10-19-11-5-7-15(17(14)19)16(20)8-2-3-9-18/h14-17H,2-8,10-12H2,1H3/t14-,15+,16?,17?/m0/s1. The molecular weight excluding hydrogens is 262 g/mol. The fourth-order valence-electron chi connectivity index (χ4n) is 5.12. The third kappa shape index (κ3) is 2.81. The first-order chi connectivity index (χ1) is 10.2. The molecule has 0 aromatic rings. The van der Waals surface area contributed by atoms with E-state index in [9.17, 15) is 4.79 Å². The van der Waals surface area contributed by atoms with E-state index in [0.29, 0.717) is 30.3 Å². The van der Waals surface area contributed by atoms with Crippen LogP contribution in [0.5, 0.6) is 0 Å². The molecule has 0 spiro atoms. The summed E-state index contributed by atoms with van der Waals surface area (Å²) >= 11 is 0. The highest BCUT2D eigenvalue weighted by atomic mass is 16.2. The van der Waals surface area contributed by atoms with E-state index in [0.717, 1.165) is 19.4 Å². The van der Waals surface area contributed by atoms with Gasteiger partial charge in [0.1, 0.15) is 0 Å². The van der Waals surface area contributed by atoms with Crippen LogP contribution in [0.4, 0.5) is 0 Å². The molecule has 0 bridgehead atoms. The minimum absolute atomic E-state index is 0.234. The van der Waals surface area contributed by atoms with Crippen LogP contribution in [0.3, 0.4) is 0 Å². The third-order valence-electron chi connectivity index (χ3n) is 5.87. The van der Waals surface area contributed by atoms with E-state index in [1.165, 1.54) is 38.8 Å². The highest BCUT2D eigenvalue weighted by molar-refractivity contribution is 5.73. The van der Waals surface area contributed by atoms with Gasteiger partial charge in [0, 0.05) is 32.0 Å². The number of hydrogen-bond acceptors (Lipinski definition) is 3. The Morgan fingerprint density at radius 2 is 2.05 bits per heavy atom. The van der Waals surface area contributed by atoms with E-state index in [1.807, 2.05) is 0 Å². The van der Waals surface area contributed by atoms with Crippen molar-refractivity contribution in [1.29, 1.82) is 5.26 Å². The number of amides is 1. The zero-order valence-corrected chi connectivity index (χ0v) is 13.1. The Morgan fingerprint density at radius 1 is 1.29 bits per heavy atom. The molecule has 4 heteroatoms. The van der Waals surface area contributed by atoms with Crippen LogP contribution < -0.4 is 0 Å². The van der Waals surface area contributed by atoms with Gasteiger partial charge in [-0.1, -0.05) is 0 Å². The number of unbranched alkanes of at least 4 members (excludes halogenated alkanes) is 1. The molecule has 0 aliphatic carbocycles. The quantitative estimate of drug-likeness (QED) is 0.750. The van der Waals surface area contributed by atoms with Crippen LogP contribution in [0.2, 0.25) is 0 Å². The number of piperidine rings is 3. The van der Waals surface area contributed by atoms with Gasteiger partial charge in [-0.15, -0.1) is 0 Å². The molecule has 3 aliphatic heterocycles. The molecule has 0 radical (unpaired) electrons. The Balaban J connectivity index is 1.80. The largest absolute Gasteiger partial charge is 0.339 e. The van der Waals surface area contributed by atoms with Crippen molar-refractivity contribution in [3.05, 3.63) is 0 Å². The summed E-state index contributed by atoms with van der Waals surface area (Å²) in [4.78, 5) is 17.0. The summed E-state index contributed by atoms with van der Waals surface area (Å²) in [7, 11) is 0. The monoisotopic (exact) mass is 289 g/mol. The van der Waals surface area contributed by atoms with Gasteiger partial charge in [-0.2, -0.15) is 5.26 Å². The zero-order valence-electron chi connectivity index (χ0n) is 13.1. The van der Waals surface area contributed by atoms with Crippen molar-refractivity contribution in [2.45, 2.75) is 64.0 Å². The lowest BCUT2D eigenvalue weighted by atomic mass is 9.69. The average molecular weight is 289 g/mol. The van der Waals surface area contributed by atoms with Crippen LogP contribution in [-0.4, -0.2) is 47.4 Å². The summed E-state index contributed by atoms with van der Waals surface area (Å²) in [5.41, 5.74) is 0. The molecule has 3 aliphatic rings. The Hall–Kier alpha value is -1.08. The van der Waals surface area contributed by atoms with Gasteiger partial charge in [0.2, 0.25) is 5.91 Å². The van der Waals surface area contributed by atoms with Crippen LogP contribution in [0.1, 0.15) is 51.9 Å². The van der Waals surface area contributed by atoms with Crippen molar-refractivity contribution in [3.63, 3.8) is 0 Å². The maximum absolute atomic E-state index is 12.1. The minimum Gasteiger partial charge on any atom is -0.339 e. The van der Waals surface area contributed by atoms with Crippen LogP contribution in [-0.2, 0) is 4.79 Å². The van der Waals surface area contributed by atoms with Gasteiger partial charge in [0.25, 0.3) is 0 Å². The van der Waals surface area contributed by atoms with E-state index >= 15 is 0 Å². The maximum Gasteiger partial charge on any atom is 0.219 e. The third-order valence-corrected chi connectivity index (χ3v) is 5.87. The Bertz CT molecular complexity index is 428. The Kier molecular flexibility index (Phi) is 4.49. The molecule has 3 saturated heterocycles. The number of carbonyl (C=O) groups excluding carboxylic acids is 1. The molecule has 1 amide bonds. The second kappa shape index (κ2) is 6.36. The fourth-order valence-corrected chi connectivity index (χ4v) is 5.12. The molecule has 0 N–H and O–H groups in total. The van der Waals surface area contributed by atoms with Gasteiger partial charge < -0.3 is 4.90 Å². The molecule has 0 aromatic carbocycles. The summed E-state index contributed by atoms with van der Waals surface area (Å²) in [6, 6.07) is 3.33. The first kappa shape index (κ1) is 14.8. The van der Waals surface area contributed by atoms with Crippen molar-refractivity contribution in [2.24, 2.45) is 11.8 Å². The van der Waals surface area contributed by atoms with Crippen molar-refractivity contribution < 1.29 is 4.79 Å². The predicted octanol–water partition coefficient (Wildman–Crippen LogP) is 2.40. The molecule has 3 heterocycles. The zero-order chi connectivity index (χ0) is 14.8. The topological polar surface area (TPSA) is 47.3 Å². The summed E-state index contributed by atoms with van der Waals surface area (Å²) in [5, 5.41) is 8.80. The van der Waals surface area contributed by atoms with Crippen LogP contribution in [0, 0.1) is 23.2 Å². The fraction of sp³-hybridized carbons (Fsp3) is 0.882. The van der Waals surface area contributed by atoms with E-state index in [1.54, 1.807) is 6.92 Å². The van der Waals surface area contributed by atoms with Gasteiger partial charge in [0.15, 0.2) is 0 Å². The first-order valence-corrected chi connectivity index (χ1v) is 8.60. The number of hydrogen-bond donors (Lipinski definition) is 0. The predicted molar refractivity (Wildman–Crippen MR) is 81.4 cm³/mol. The van der Waals surface area contributed by atoms with Gasteiger partial charge >= 0.3 is 0 Å². The molecule has 4 atom stereocenters. The number of nitrogens with zero attached hydrogens (tertiary/aromatic N) is 3. The lowest BCUT2D eigenvalue weighted by Gasteiger charge is -2.57. The lowest BCUT2D eigenvalue weighted by molar-refractivity contribution is -0.144. The molecule has 116 valence electrons. The summed E-state index contributed by atoms with van der Waals surface area (Å²) in [6.45, 7) is 5.18. The van der Waals surface area contributed by atoms with Crippen molar-refractivity contribution in [3.8, 4) is 6.07 Å². The second-order valence-electron chi connectivity index (χ2n) is 7.02. The number of likely N-dealkylation sites (tertiary alicyclic amines) is 1. The normalized spacial score (nSPS) is 35.9. The van der Waals surface area contributed by atoms with Gasteiger partial charge in [0.05, 0.1) is 6.07 Å².